The Balaban J connectivity index is 1.21. The Labute approximate surface area is 221 Å². The van der Waals surface area contributed by atoms with Crippen LogP contribution < -0.4 is 10.6 Å². The lowest BCUT2D eigenvalue weighted by Crippen LogP contribution is -2.66. The Kier molecular flexibility index (Phi) is 7.42. The molecule has 1 aromatic rings. The molecule has 6 rings (SSSR count). The number of amides is 2. The third kappa shape index (κ3) is 5.60. The Morgan fingerprint density at radius 3 is 2.59 bits per heavy atom. The number of esters is 1. The number of benzene rings is 1. The van der Waals surface area contributed by atoms with Gasteiger partial charge >= 0.3 is 12.1 Å². The number of hydrogen-bond donors (Lipinski definition) is 2. The van der Waals surface area contributed by atoms with Gasteiger partial charge in [0, 0.05) is 25.0 Å². The fourth-order valence-corrected chi connectivity index (χ4v) is 7.89. The Hall–Kier alpha value is -2.33. The van der Waals surface area contributed by atoms with E-state index in [0.29, 0.717) is 43.5 Å². The molecule has 0 spiro atoms. The second kappa shape index (κ2) is 10.4. The molecule has 2 N–H and O–H groups in total. The van der Waals surface area contributed by atoms with Crippen molar-refractivity contribution in [1.82, 2.24) is 15.5 Å². The fourth-order valence-electron chi connectivity index (χ4n) is 7.41. The summed E-state index contributed by atoms with van der Waals surface area (Å²) in [6.45, 7) is 1.13. The number of nitrogens with zero attached hydrogens (tertiary/aromatic N) is 1. The zero-order valence-electron chi connectivity index (χ0n) is 21.5. The van der Waals surface area contributed by atoms with Gasteiger partial charge in [0.2, 0.25) is 5.91 Å². The SMILES string of the molecule is COC(=O)[C@H](CCSC)NC(=O)OC12CC3CC(CC(NCC(=O)N4Cc5ccc(F)cc5C4)(C3)C1)C2. The minimum Gasteiger partial charge on any atom is -0.467 e. The van der Waals surface area contributed by atoms with E-state index < -0.39 is 23.7 Å². The number of fused-ring (bicyclic) bond motifs is 1. The molecule has 1 aromatic carbocycles. The maximum absolute atomic E-state index is 13.6. The Morgan fingerprint density at radius 1 is 1.16 bits per heavy atom. The molecular weight excluding hydrogens is 497 g/mol. The number of halogens is 1. The molecular formula is C27H36FN3O5S. The lowest BCUT2D eigenvalue weighted by molar-refractivity contribution is -0.151. The molecule has 37 heavy (non-hydrogen) atoms. The zero-order chi connectivity index (χ0) is 26.2. The molecule has 4 fully saturated rings. The topological polar surface area (TPSA) is 97.0 Å². The van der Waals surface area contributed by atoms with Crippen LogP contribution in [0, 0.1) is 17.7 Å². The summed E-state index contributed by atoms with van der Waals surface area (Å²) in [5, 5.41) is 6.32. The lowest BCUT2D eigenvalue weighted by atomic mass is 9.51. The van der Waals surface area contributed by atoms with E-state index >= 15 is 0 Å². The summed E-state index contributed by atoms with van der Waals surface area (Å²) < 4.78 is 24.6. The van der Waals surface area contributed by atoms with Gasteiger partial charge in [0.1, 0.15) is 17.5 Å². The second-order valence-corrected chi connectivity index (χ2v) is 12.3. The number of carbonyl (C=O) groups excluding carboxylic acids is 3. The predicted octanol–water partition coefficient (Wildman–Crippen LogP) is 3.37. The van der Waals surface area contributed by atoms with Crippen molar-refractivity contribution in [3.63, 3.8) is 0 Å². The molecule has 5 aliphatic rings. The smallest absolute Gasteiger partial charge is 0.408 e. The molecule has 2 amide bonds. The number of hydrogen-bond acceptors (Lipinski definition) is 7. The molecule has 3 atom stereocenters. The summed E-state index contributed by atoms with van der Waals surface area (Å²) in [5.41, 5.74) is 1.01. The summed E-state index contributed by atoms with van der Waals surface area (Å²) in [4.78, 5) is 39.9. The van der Waals surface area contributed by atoms with Crippen molar-refractivity contribution in [2.75, 3.05) is 25.7 Å². The molecule has 2 unspecified atom stereocenters. The summed E-state index contributed by atoms with van der Waals surface area (Å²) in [6, 6.07) is 3.96. The number of nitrogens with one attached hydrogen (secondary N) is 2. The quantitative estimate of drug-likeness (QED) is 0.470. The van der Waals surface area contributed by atoms with Crippen LogP contribution in [0.2, 0.25) is 0 Å². The van der Waals surface area contributed by atoms with Crippen LogP contribution in [0.25, 0.3) is 0 Å². The van der Waals surface area contributed by atoms with E-state index in [4.69, 9.17) is 9.47 Å². The van der Waals surface area contributed by atoms with E-state index in [1.54, 1.807) is 22.7 Å². The van der Waals surface area contributed by atoms with Crippen molar-refractivity contribution >= 4 is 29.7 Å². The first-order valence-corrected chi connectivity index (χ1v) is 14.5. The highest BCUT2D eigenvalue weighted by molar-refractivity contribution is 7.98. The number of methoxy groups -OCH3 is 1. The van der Waals surface area contributed by atoms with E-state index in [2.05, 4.69) is 10.6 Å². The van der Waals surface area contributed by atoms with Gasteiger partial charge in [-0.15, -0.1) is 0 Å². The standard InChI is InChI=1S/C27H36FN3O5S/c1-35-24(33)22(5-6-37-2)30-25(34)36-27-11-17-7-18(12-27)10-26(9-17,16-27)29-13-23(32)31-14-19-3-4-21(28)8-20(19)15-31/h3-4,8,17-18,22,29H,5-7,9-16H2,1-2H3,(H,30,34)/t17?,18?,22-,26?,27?/m0/s1. The van der Waals surface area contributed by atoms with Gasteiger partial charge in [-0.1, -0.05) is 6.07 Å². The van der Waals surface area contributed by atoms with Gasteiger partial charge in [0.15, 0.2) is 0 Å². The highest BCUT2D eigenvalue weighted by Crippen LogP contribution is 2.58. The number of alkyl carbamates (subject to hydrolysis) is 1. The Bertz CT molecular complexity index is 1050. The van der Waals surface area contributed by atoms with Gasteiger partial charge in [0.25, 0.3) is 0 Å². The first-order valence-electron chi connectivity index (χ1n) is 13.1. The number of ether oxygens (including phenoxy) is 2. The van der Waals surface area contributed by atoms with Gasteiger partial charge in [-0.05, 0) is 85.6 Å². The summed E-state index contributed by atoms with van der Waals surface area (Å²) in [6.07, 6.45) is 7.18. The third-order valence-electron chi connectivity index (χ3n) is 8.56. The van der Waals surface area contributed by atoms with Crippen LogP contribution in [0.1, 0.15) is 56.1 Å². The second-order valence-electron chi connectivity index (χ2n) is 11.3. The van der Waals surface area contributed by atoms with Crippen molar-refractivity contribution < 1.29 is 28.2 Å². The molecule has 0 aromatic heterocycles. The van der Waals surface area contributed by atoms with Crippen molar-refractivity contribution in [3.8, 4) is 0 Å². The minimum absolute atomic E-state index is 0.00483. The van der Waals surface area contributed by atoms with Gasteiger partial charge in [0.05, 0.1) is 13.7 Å². The number of carbonyl (C=O) groups is 3. The van der Waals surface area contributed by atoms with Crippen LogP contribution in [-0.2, 0) is 32.2 Å². The van der Waals surface area contributed by atoms with Crippen molar-refractivity contribution in [1.29, 1.82) is 0 Å². The molecule has 0 radical (unpaired) electrons. The Morgan fingerprint density at radius 2 is 1.89 bits per heavy atom. The molecule has 4 aliphatic carbocycles. The zero-order valence-corrected chi connectivity index (χ0v) is 22.3. The number of rotatable bonds is 9. The largest absolute Gasteiger partial charge is 0.467 e. The average molecular weight is 534 g/mol. The maximum atomic E-state index is 13.6. The van der Waals surface area contributed by atoms with E-state index in [1.807, 2.05) is 6.26 Å². The highest BCUT2D eigenvalue weighted by Gasteiger charge is 2.59. The van der Waals surface area contributed by atoms with Crippen molar-refractivity contribution in [2.45, 2.75) is 75.2 Å². The van der Waals surface area contributed by atoms with Crippen LogP contribution in [-0.4, -0.2) is 65.7 Å². The molecule has 202 valence electrons. The lowest BCUT2D eigenvalue weighted by Gasteiger charge is -2.61. The van der Waals surface area contributed by atoms with E-state index in [9.17, 15) is 18.8 Å². The summed E-state index contributed by atoms with van der Waals surface area (Å²) in [5.74, 6) is 0.825. The molecule has 4 saturated carbocycles. The van der Waals surface area contributed by atoms with Gasteiger partial charge in [-0.2, -0.15) is 11.8 Å². The maximum Gasteiger partial charge on any atom is 0.408 e. The first kappa shape index (κ1) is 26.3. The average Bonchev–Trinajstić information content (AvgIpc) is 3.27. The highest BCUT2D eigenvalue weighted by atomic mass is 32.2. The van der Waals surface area contributed by atoms with Crippen LogP contribution >= 0.6 is 11.8 Å². The van der Waals surface area contributed by atoms with Gasteiger partial charge in [-0.25, -0.2) is 14.0 Å². The van der Waals surface area contributed by atoms with Crippen LogP contribution in [0.4, 0.5) is 9.18 Å². The first-order chi connectivity index (χ1) is 17.7. The molecule has 4 bridgehead atoms. The third-order valence-corrected chi connectivity index (χ3v) is 9.21. The van der Waals surface area contributed by atoms with Crippen LogP contribution in [0.15, 0.2) is 18.2 Å². The molecule has 10 heteroatoms. The molecule has 8 nitrogen and oxygen atoms in total. The van der Waals surface area contributed by atoms with Gasteiger partial charge in [-0.3, -0.25) is 4.79 Å². The summed E-state index contributed by atoms with van der Waals surface area (Å²) in [7, 11) is 1.32. The monoisotopic (exact) mass is 533 g/mol. The van der Waals surface area contributed by atoms with Crippen LogP contribution in [0.3, 0.4) is 0 Å². The molecule has 0 saturated heterocycles. The van der Waals surface area contributed by atoms with Gasteiger partial charge < -0.3 is 25.0 Å². The van der Waals surface area contributed by atoms with E-state index in [0.717, 1.165) is 43.2 Å². The normalized spacial score (nSPS) is 30.1. The fraction of sp³-hybridized carbons (Fsp3) is 0.667. The van der Waals surface area contributed by atoms with Crippen LogP contribution in [0.5, 0.6) is 0 Å². The van der Waals surface area contributed by atoms with Crippen molar-refractivity contribution in [2.24, 2.45) is 11.8 Å². The summed E-state index contributed by atoms with van der Waals surface area (Å²) >= 11 is 1.60. The molecule has 1 aliphatic heterocycles. The van der Waals surface area contributed by atoms with Crippen molar-refractivity contribution in [3.05, 3.63) is 35.1 Å². The molecule has 1 heterocycles. The minimum atomic E-state index is -0.735. The van der Waals surface area contributed by atoms with E-state index in [-0.39, 0.29) is 23.8 Å². The predicted molar refractivity (Wildman–Crippen MR) is 137 cm³/mol. The number of thioether (sulfide) groups is 1. The van der Waals surface area contributed by atoms with E-state index in [1.165, 1.54) is 19.2 Å².